The van der Waals surface area contributed by atoms with Crippen LogP contribution in [0, 0.1) is 12.8 Å². The largest absolute Gasteiger partial charge is 0.391 e. The Bertz CT molecular complexity index is 524. The summed E-state index contributed by atoms with van der Waals surface area (Å²) in [4.78, 5) is 23.9. The summed E-state index contributed by atoms with van der Waals surface area (Å²) >= 11 is 0. The van der Waals surface area contributed by atoms with Crippen molar-refractivity contribution in [3.8, 4) is 0 Å². The number of aliphatic hydroxyl groups is 1. The average Bonchev–Trinajstić information content (AvgIpc) is 3.27. The van der Waals surface area contributed by atoms with E-state index in [9.17, 15) is 14.7 Å². The van der Waals surface area contributed by atoms with Gasteiger partial charge in [0.25, 0.3) is 0 Å². The molecule has 2 amide bonds. The lowest BCUT2D eigenvalue weighted by atomic mass is 10.1. The summed E-state index contributed by atoms with van der Waals surface area (Å²) in [6.45, 7) is 3.86. The molecule has 0 heterocycles. The molecule has 114 valence electrons. The van der Waals surface area contributed by atoms with Gasteiger partial charge < -0.3 is 15.7 Å². The number of aliphatic hydroxyl groups excluding tert-OH is 1. The molecular formula is C16H22N2O3. The van der Waals surface area contributed by atoms with E-state index < -0.39 is 12.1 Å². The Morgan fingerprint density at radius 2 is 2.00 bits per heavy atom. The van der Waals surface area contributed by atoms with Gasteiger partial charge in [-0.3, -0.25) is 9.59 Å². The second-order valence-electron chi connectivity index (χ2n) is 5.65. The van der Waals surface area contributed by atoms with Gasteiger partial charge in [-0.05, 0) is 37.8 Å². The first-order valence-electron chi connectivity index (χ1n) is 7.29. The maximum atomic E-state index is 12.2. The number of carbonyl (C=O) groups is 2. The molecule has 1 aromatic rings. The van der Waals surface area contributed by atoms with E-state index >= 15 is 0 Å². The molecule has 0 bridgehead atoms. The van der Waals surface area contributed by atoms with E-state index in [-0.39, 0.29) is 17.7 Å². The molecule has 0 saturated heterocycles. The van der Waals surface area contributed by atoms with Gasteiger partial charge in [-0.1, -0.05) is 24.3 Å². The Kier molecular flexibility index (Phi) is 4.96. The molecule has 0 aromatic heterocycles. The quantitative estimate of drug-likeness (QED) is 0.728. The highest BCUT2D eigenvalue weighted by atomic mass is 16.3. The first-order chi connectivity index (χ1) is 9.99. The maximum Gasteiger partial charge on any atom is 0.245 e. The molecule has 1 aromatic carbocycles. The Labute approximate surface area is 124 Å². The molecule has 0 radical (unpaired) electrons. The monoisotopic (exact) mass is 290 g/mol. The molecule has 5 heteroatoms. The summed E-state index contributed by atoms with van der Waals surface area (Å²) in [6, 6.07) is 6.87. The molecule has 0 spiro atoms. The summed E-state index contributed by atoms with van der Waals surface area (Å²) in [5.41, 5.74) is 2.11. The predicted octanol–water partition coefficient (Wildman–Crippen LogP) is 0.887. The third-order valence-corrected chi connectivity index (χ3v) is 3.73. The zero-order valence-corrected chi connectivity index (χ0v) is 12.4. The molecule has 2 rings (SSSR count). The zero-order valence-electron chi connectivity index (χ0n) is 12.4. The fraction of sp³-hybridized carbons (Fsp3) is 0.500. The number of rotatable bonds is 6. The van der Waals surface area contributed by atoms with E-state index in [1.54, 1.807) is 0 Å². The lowest BCUT2D eigenvalue weighted by Gasteiger charge is -2.21. The van der Waals surface area contributed by atoms with Gasteiger partial charge in [-0.15, -0.1) is 0 Å². The zero-order chi connectivity index (χ0) is 15.4. The number of carbonyl (C=O) groups excluding carboxylic acids is 2. The summed E-state index contributed by atoms with van der Waals surface area (Å²) in [7, 11) is 0. The summed E-state index contributed by atoms with van der Waals surface area (Å²) in [5.74, 6) is -0.496. The van der Waals surface area contributed by atoms with Gasteiger partial charge in [0.1, 0.15) is 6.04 Å². The summed E-state index contributed by atoms with van der Waals surface area (Å²) in [6.07, 6.45) is 0.802. The molecule has 1 saturated carbocycles. The third-order valence-electron chi connectivity index (χ3n) is 3.73. The van der Waals surface area contributed by atoms with Crippen molar-refractivity contribution in [2.75, 3.05) is 0 Å². The van der Waals surface area contributed by atoms with Gasteiger partial charge in [0.2, 0.25) is 11.8 Å². The van der Waals surface area contributed by atoms with Crippen LogP contribution in [0.15, 0.2) is 24.3 Å². The normalized spacial score (nSPS) is 16.9. The number of benzene rings is 1. The lowest BCUT2D eigenvalue weighted by molar-refractivity contribution is -0.132. The highest BCUT2D eigenvalue weighted by Gasteiger charge is 2.34. The van der Waals surface area contributed by atoms with Crippen molar-refractivity contribution in [3.05, 3.63) is 35.4 Å². The Morgan fingerprint density at radius 1 is 1.33 bits per heavy atom. The predicted molar refractivity (Wildman–Crippen MR) is 79.4 cm³/mol. The fourth-order valence-electron chi connectivity index (χ4n) is 2.12. The van der Waals surface area contributed by atoms with Crippen LogP contribution in [-0.2, 0) is 16.1 Å². The van der Waals surface area contributed by atoms with E-state index in [2.05, 4.69) is 10.6 Å². The van der Waals surface area contributed by atoms with Crippen molar-refractivity contribution in [2.24, 2.45) is 5.92 Å². The summed E-state index contributed by atoms with van der Waals surface area (Å²) < 4.78 is 0. The van der Waals surface area contributed by atoms with Gasteiger partial charge in [-0.25, -0.2) is 0 Å². The molecule has 1 fully saturated rings. The van der Waals surface area contributed by atoms with Crippen molar-refractivity contribution in [1.82, 2.24) is 10.6 Å². The van der Waals surface area contributed by atoms with E-state index in [1.807, 2.05) is 31.2 Å². The van der Waals surface area contributed by atoms with Crippen LogP contribution in [0.2, 0.25) is 0 Å². The van der Waals surface area contributed by atoms with Crippen molar-refractivity contribution >= 4 is 11.8 Å². The smallest absolute Gasteiger partial charge is 0.245 e. The van der Waals surface area contributed by atoms with Gasteiger partial charge in [0, 0.05) is 12.5 Å². The highest BCUT2D eigenvalue weighted by Crippen LogP contribution is 2.28. The number of nitrogens with one attached hydrogen (secondary N) is 2. The van der Waals surface area contributed by atoms with Crippen LogP contribution in [0.3, 0.4) is 0 Å². The van der Waals surface area contributed by atoms with E-state index in [4.69, 9.17) is 0 Å². The maximum absolute atomic E-state index is 12.2. The Hall–Kier alpha value is -1.88. The van der Waals surface area contributed by atoms with Gasteiger partial charge in [0.05, 0.1) is 6.10 Å². The molecule has 0 aliphatic heterocycles. The minimum absolute atomic E-state index is 0.00965. The van der Waals surface area contributed by atoms with E-state index in [0.29, 0.717) is 6.54 Å². The summed E-state index contributed by atoms with van der Waals surface area (Å²) in [5, 5.41) is 15.1. The first-order valence-corrected chi connectivity index (χ1v) is 7.29. The van der Waals surface area contributed by atoms with Crippen LogP contribution in [-0.4, -0.2) is 29.1 Å². The van der Waals surface area contributed by atoms with Crippen LogP contribution in [0.5, 0.6) is 0 Å². The topological polar surface area (TPSA) is 78.4 Å². The second-order valence-corrected chi connectivity index (χ2v) is 5.65. The molecule has 3 N–H and O–H groups in total. The van der Waals surface area contributed by atoms with E-state index in [0.717, 1.165) is 24.0 Å². The van der Waals surface area contributed by atoms with Gasteiger partial charge in [0.15, 0.2) is 0 Å². The fourth-order valence-corrected chi connectivity index (χ4v) is 2.12. The minimum atomic E-state index is -0.926. The van der Waals surface area contributed by atoms with Crippen LogP contribution < -0.4 is 10.6 Å². The lowest BCUT2D eigenvalue weighted by Crippen LogP contribution is -2.52. The molecule has 21 heavy (non-hydrogen) atoms. The average molecular weight is 290 g/mol. The van der Waals surface area contributed by atoms with Gasteiger partial charge >= 0.3 is 0 Å². The number of hydrogen-bond acceptors (Lipinski definition) is 3. The SMILES string of the molecule is Cc1ccccc1CNC(=O)C(NC(=O)C1CC1)C(C)O. The minimum Gasteiger partial charge on any atom is -0.391 e. The third kappa shape index (κ3) is 4.29. The van der Waals surface area contributed by atoms with E-state index in [1.165, 1.54) is 6.92 Å². The first kappa shape index (κ1) is 15.5. The molecule has 1 aliphatic rings. The number of amides is 2. The molecule has 1 aliphatic carbocycles. The molecular weight excluding hydrogens is 268 g/mol. The number of hydrogen-bond donors (Lipinski definition) is 3. The molecule has 5 nitrogen and oxygen atoms in total. The van der Waals surface area contributed by atoms with Crippen LogP contribution in [0.1, 0.15) is 30.9 Å². The molecule has 2 atom stereocenters. The van der Waals surface area contributed by atoms with Crippen LogP contribution in [0.4, 0.5) is 0 Å². The second kappa shape index (κ2) is 6.72. The van der Waals surface area contributed by atoms with Crippen LogP contribution >= 0.6 is 0 Å². The van der Waals surface area contributed by atoms with Crippen molar-refractivity contribution in [2.45, 2.75) is 45.4 Å². The van der Waals surface area contributed by atoms with Crippen molar-refractivity contribution in [1.29, 1.82) is 0 Å². The Morgan fingerprint density at radius 3 is 2.57 bits per heavy atom. The van der Waals surface area contributed by atoms with Crippen molar-refractivity contribution < 1.29 is 14.7 Å². The molecule has 2 unspecified atom stereocenters. The van der Waals surface area contributed by atoms with Gasteiger partial charge in [-0.2, -0.15) is 0 Å². The van der Waals surface area contributed by atoms with Crippen molar-refractivity contribution in [3.63, 3.8) is 0 Å². The Balaban J connectivity index is 1.92. The number of aryl methyl sites for hydroxylation is 1. The standard InChI is InChI=1S/C16H22N2O3/c1-10-5-3-4-6-13(10)9-17-16(21)14(11(2)19)18-15(20)12-7-8-12/h3-6,11-12,14,19H,7-9H2,1-2H3,(H,17,21)(H,18,20). The highest BCUT2D eigenvalue weighted by molar-refractivity contribution is 5.89. The van der Waals surface area contributed by atoms with Crippen LogP contribution in [0.25, 0.3) is 0 Å².